The molecular formula is C11H14N2O2. The predicted octanol–water partition coefficient (Wildman–Crippen LogP) is 2.35. The largest absolute Gasteiger partial charge is 0.469 e. The average molecular weight is 206 g/mol. The van der Waals surface area contributed by atoms with E-state index in [1.165, 1.54) is 0 Å². The molecule has 0 saturated heterocycles. The van der Waals surface area contributed by atoms with Crippen LogP contribution in [0.2, 0.25) is 0 Å². The molecule has 0 unspecified atom stereocenters. The van der Waals surface area contributed by atoms with Crippen molar-refractivity contribution in [3.05, 3.63) is 30.0 Å². The summed E-state index contributed by atoms with van der Waals surface area (Å²) in [6.45, 7) is 5.61. The summed E-state index contributed by atoms with van der Waals surface area (Å²) in [7, 11) is 0. The van der Waals surface area contributed by atoms with Crippen LogP contribution >= 0.6 is 0 Å². The summed E-state index contributed by atoms with van der Waals surface area (Å²) < 4.78 is 10.5. The topological polar surface area (TPSA) is 51.2 Å². The van der Waals surface area contributed by atoms with Gasteiger partial charge in [0.2, 0.25) is 5.89 Å². The van der Waals surface area contributed by atoms with E-state index in [0.717, 1.165) is 30.1 Å². The van der Waals surface area contributed by atoms with Crippen LogP contribution < -0.4 is 5.32 Å². The molecule has 0 aliphatic heterocycles. The number of nitrogens with zero attached hydrogens (tertiary/aromatic N) is 1. The quantitative estimate of drug-likeness (QED) is 0.834. The Hall–Kier alpha value is -1.55. The van der Waals surface area contributed by atoms with E-state index < -0.39 is 0 Å². The number of aryl methyl sites for hydroxylation is 1. The van der Waals surface area contributed by atoms with Crippen molar-refractivity contribution in [2.75, 3.05) is 6.54 Å². The maximum atomic E-state index is 5.35. The Morgan fingerprint density at radius 2 is 2.20 bits per heavy atom. The smallest absolute Gasteiger partial charge is 0.229 e. The molecule has 0 aliphatic carbocycles. The molecule has 0 atom stereocenters. The maximum absolute atomic E-state index is 5.35. The summed E-state index contributed by atoms with van der Waals surface area (Å²) in [5.41, 5.74) is 1.79. The highest BCUT2D eigenvalue weighted by Crippen LogP contribution is 2.20. The lowest BCUT2D eigenvalue weighted by molar-refractivity contribution is 0.531. The van der Waals surface area contributed by atoms with Crippen LogP contribution in [0.5, 0.6) is 0 Å². The molecule has 2 rings (SSSR count). The Balaban J connectivity index is 2.13. The predicted molar refractivity (Wildman–Crippen MR) is 56.3 cm³/mol. The van der Waals surface area contributed by atoms with E-state index in [1.807, 2.05) is 13.0 Å². The van der Waals surface area contributed by atoms with Crippen molar-refractivity contribution >= 4 is 0 Å². The number of oxazole rings is 1. The fourth-order valence-electron chi connectivity index (χ4n) is 1.33. The summed E-state index contributed by atoms with van der Waals surface area (Å²) in [5.74, 6) is 1.47. The van der Waals surface area contributed by atoms with Gasteiger partial charge in [0.05, 0.1) is 11.3 Å². The van der Waals surface area contributed by atoms with Crippen molar-refractivity contribution in [1.29, 1.82) is 0 Å². The van der Waals surface area contributed by atoms with Crippen LogP contribution in [0.1, 0.15) is 18.4 Å². The lowest BCUT2D eigenvalue weighted by atomic mass is 10.3. The van der Waals surface area contributed by atoms with Crippen molar-refractivity contribution in [3.8, 4) is 11.5 Å². The van der Waals surface area contributed by atoms with Gasteiger partial charge in [-0.1, -0.05) is 6.92 Å². The highest BCUT2D eigenvalue weighted by atomic mass is 16.3. The molecule has 4 nitrogen and oxygen atoms in total. The van der Waals surface area contributed by atoms with Crippen molar-refractivity contribution in [2.24, 2.45) is 0 Å². The summed E-state index contributed by atoms with van der Waals surface area (Å²) in [4.78, 5) is 4.34. The number of furan rings is 1. The van der Waals surface area contributed by atoms with Crippen LogP contribution in [0.15, 0.2) is 27.4 Å². The van der Waals surface area contributed by atoms with Crippen LogP contribution in [0.25, 0.3) is 11.5 Å². The molecule has 0 aliphatic rings. The zero-order valence-electron chi connectivity index (χ0n) is 8.91. The lowest BCUT2D eigenvalue weighted by Gasteiger charge is -1.93. The second-order valence-electron chi connectivity index (χ2n) is 3.37. The van der Waals surface area contributed by atoms with Gasteiger partial charge in [0, 0.05) is 6.54 Å². The van der Waals surface area contributed by atoms with Crippen molar-refractivity contribution < 1.29 is 8.83 Å². The molecule has 15 heavy (non-hydrogen) atoms. The van der Waals surface area contributed by atoms with Gasteiger partial charge in [-0.2, -0.15) is 0 Å². The molecule has 0 saturated carbocycles. The summed E-state index contributed by atoms with van der Waals surface area (Å²) in [6.07, 6.45) is 3.32. The van der Waals surface area contributed by atoms with Gasteiger partial charge in [0.15, 0.2) is 0 Å². The third-order valence-electron chi connectivity index (χ3n) is 2.09. The van der Waals surface area contributed by atoms with Gasteiger partial charge in [-0.05, 0) is 19.5 Å². The van der Waals surface area contributed by atoms with Crippen LogP contribution in [0, 0.1) is 6.92 Å². The molecule has 0 bridgehead atoms. The van der Waals surface area contributed by atoms with E-state index in [4.69, 9.17) is 8.83 Å². The van der Waals surface area contributed by atoms with Gasteiger partial charge in [-0.3, -0.25) is 0 Å². The third kappa shape index (κ3) is 2.27. The molecule has 0 radical (unpaired) electrons. The van der Waals surface area contributed by atoms with Crippen LogP contribution in [-0.2, 0) is 6.54 Å². The van der Waals surface area contributed by atoms with Gasteiger partial charge in [0.1, 0.15) is 18.3 Å². The standard InChI is InChI=1S/C11H14N2O2/c1-3-12-5-10-7-15-11(13-10)9-4-8(2)14-6-9/h4,6-7,12H,3,5H2,1-2H3. The fraction of sp³-hybridized carbons (Fsp3) is 0.364. The van der Waals surface area contributed by atoms with E-state index in [2.05, 4.69) is 17.2 Å². The minimum atomic E-state index is 0.611. The number of rotatable bonds is 4. The van der Waals surface area contributed by atoms with Gasteiger partial charge in [-0.25, -0.2) is 4.98 Å². The Kier molecular flexibility index (Phi) is 2.87. The summed E-state index contributed by atoms with van der Waals surface area (Å²) in [6, 6.07) is 1.91. The first-order valence-corrected chi connectivity index (χ1v) is 5.00. The molecule has 4 heteroatoms. The Morgan fingerprint density at radius 3 is 2.87 bits per heavy atom. The van der Waals surface area contributed by atoms with Gasteiger partial charge >= 0.3 is 0 Å². The monoisotopic (exact) mass is 206 g/mol. The van der Waals surface area contributed by atoms with E-state index in [1.54, 1.807) is 12.5 Å². The maximum Gasteiger partial charge on any atom is 0.229 e. The molecule has 2 heterocycles. The lowest BCUT2D eigenvalue weighted by Crippen LogP contribution is -2.11. The van der Waals surface area contributed by atoms with Crippen molar-refractivity contribution in [1.82, 2.24) is 10.3 Å². The Bertz CT molecular complexity index is 431. The normalized spacial score (nSPS) is 10.8. The van der Waals surface area contributed by atoms with E-state index in [0.29, 0.717) is 5.89 Å². The molecule has 0 amide bonds. The molecule has 2 aromatic heterocycles. The summed E-state index contributed by atoms with van der Waals surface area (Å²) >= 11 is 0. The van der Waals surface area contributed by atoms with E-state index in [9.17, 15) is 0 Å². The second-order valence-corrected chi connectivity index (χ2v) is 3.37. The molecule has 2 aromatic rings. The molecular weight excluding hydrogens is 192 g/mol. The van der Waals surface area contributed by atoms with Crippen molar-refractivity contribution in [3.63, 3.8) is 0 Å². The van der Waals surface area contributed by atoms with Crippen molar-refractivity contribution in [2.45, 2.75) is 20.4 Å². The SMILES string of the molecule is CCNCc1coc(-c2coc(C)c2)n1. The van der Waals surface area contributed by atoms with E-state index in [-0.39, 0.29) is 0 Å². The average Bonchev–Trinajstić information content (AvgIpc) is 2.83. The minimum Gasteiger partial charge on any atom is -0.469 e. The first-order valence-electron chi connectivity index (χ1n) is 5.00. The zero-order valence-corrected chi connectivity index (χ0v) is 8.91. The molecule has 0 spiro atoms. The van der Waals surface area contributed by atoms with Gasteiger partial charge in [-0.15, -0.1) is 0 Å². The highest BCUT2D eigenvalue weighted by Gasteiger charge is 2.08. The minimum absolute atomic E-state index is 0.611. The van der Waals surface area contributed by atoms with Gasteiger partial charge < -0.3 is 14.2 Å². The first kappa shape index (κ1) is 9.98. The van der Waals surface area contributed by atoms with Crippen LogP contribution in [0.3, 0.4) is 0 Å². The summed E-state index contributed by atoms with van der Waals surface area (Å²) in [5, 5.41) is 3.19. The van der Waals surface area contributed by atoms with Gasteiger partial charge in [0.25, 0.3) is 0 Å². The third-order valence-corrected chi connectivity index (χ3v) is 2.09. The molecule has 0 aromatic carbocycles. The number of hydrogen-bond donors (Lipinski definition) is 1. The second kappa shape index (κ2) is 4.31. The number of nitrogens with one attached hydrogen (secondary N) is 1. The number of aromatic nitrogens is 1. The van der Waals surface area contributed by atoms with Crippen LogP contribution in [-0.4, -0.2) is 11.5 Å². The molecule has 0 fully saturated rings. The van der Waals surface area contributed by atoms with Crippen LogP contribution in [0.4, 0.5) is 0 Å². The Morgan fingerprint density at radius 1 is 1.33 bits per heavy atom. The highest BCUT2D eigenvalue weighted by molar-refractivity contribution is 5.51. The molecule has 80 valence electrons. The fourth-order valence-corrected chi connectivity index (χ4v) is 1.33. The zero-order chi connectivity index (χ0) is 10.7. The first-order chi connectivity index (χ1) is 7.29. The number of hydrogen-bond acceptors (Lipinski definition) is 4. The molecule has 1 N–H and O–H groups in total. The van der Waals surface area contributed by atoms with E-state index >= 15 is 0 Å². The Labute approximate surface area is 88.3 Å².